The summed E-state index contributed by atoms with van der Waals surface area (Å²) in [5.41, 5.74) is 1.14. The highest BCUT2D eigenvalue weighted by atomic mass is 16.5. The molecule has 2 aliphatic rings. The van der Waals surface area contributed by atoms with Gasteiger partial charge in [-0.05, 0) is 19.1 Å². The number of nitrogens with zero attached hydrogens (tertiary/aromatic N) is 4. The molecule has 1 aromatic carbocycles. The van der Waals surface area contributed by atoms with Gasteiger partial charge in [0.2, 0.25) is 5.91 Å². The molecule has 2 saturated heterocycles. The summed E-state index contributed by atoms with van der Waals surface area (Å²) in [6, 6.07) is 8.08. The molecule has 1 amide bonds. The van der Waals surface area contributed by atoms with Gasteiger partial charge in [-0.25, -0.2) is 0 Å². The Morgan fingerprint density at radius 2 is 1.78 bits per heavy atom. The average Bonchev–Trinajstić information content (AvgIpc) is 2.73. The third kappa shape index (κ3) is 4.62. The Balaban J connectivity index is 1.51. The van der Waals surface area contributed by atoms with E-state index in [1.807, 2.05) is 29.2 Å². The number of hydrogen-bond donors (Lipinski definition) is 0. The second-order valence-corrected chi connectivity index (χ2v) is 7.29. The number of carbonyl (C=O) groups excluding carboxylic acids is 1. The molecule has 148 valence electrons. The first-order chi connectivity index (χ1) is 13.1. The summed E-state index contributed by atoms with van der Waals surface area (Å²) in [5, 5.41) is 0. The molecule has 2 heterocycles. The number of hydrogen-bond acceptors (Lipinski definition) is 5. The van der Waals surface area contributed by atoms with Gasteiger partial charge in [0.1, 0.15) is 5.75 Å². The van der Waals surface area contributed by atoms with Crippen LogP contribution in [0.1, 0.15) is 6.92 Å². The molecule has 0 bridgehead atoms. The number of rotatable bonds is 6. The number of anilines is 1. The predicted molar refractivity (Wildman–Crippen MR) is 109 cm³/mol. The molecule has 0 aliphatic carbocycles. The summed E-state index contributed by atoms with van der Waals surface area (Å²) in [4.78, 5) is 21.9. The van der Waals surface area contributed by atoms with E-state index in [9.17, 15) is 4.79 Å². The molecule has 1 aromatic rings. The third-order valence-electron chi connectivity index (χ3n) is 5.72. The van der Waals surface area contributed by atoms with Crippen molar-refractivity contribution in [3.8, 4) is 5.75 Å². The van der Waals surface area contributed by atoms with Crippen molar-refractivity contribution in [2.75, 3.05) is 70.9 Å². The summed E-state index contributed by atoms with van der Waals surface area (Å²) in [7, 11) is 1.71. The summed E-state index contributed by atoms with van der Waals surface area (Å²) in [6.45, 7) is 13.9. The van der Waals surface area contributed by atoms with Crippen LogP contribution in [0.15, 0.2) is 36.9 Å². The van der Waals surface area contributed by atoms with E-state index in [0.717, 1.165) is 70.3 Å². The zero-order chi connectivity index (χ0) is 19.2. The van der Waals surface area contributed by atoms with Crippen LogP contribution in [-0.2, 0) is 4.79 Å². The predicted octanol–water partition coefficient (Wildman–Crippen LogP) is 1.54. The van der Waals surface area contributed by atoms with Crippen molar-refractivity contribution >= 4 is 11.6 Å². The number of ether oxygens (including phenoxy) is 1. The molecule has 0 aromatic heterocycles. The average molecular weight is 373 g/mol. The van der Waals surface area contributed by atoms with Crippen LogP contribution in [0.25, 0.3) is 0 Å². The lowest BCUT2D eigenvalue weighted by atomic mass is 10.1. The van der Waals surface area contributed by atoms with Crippen molar-refractivity contribution in [1.29, 1.82) is 0 Å². The van der Waals surface area contributed by atoms with Crippen LogP contribution in [-0.4, -0.2) is 92.7 Å². The van der Waals surface area contributed by atoms with E-state index in [4.69, 9.17) is 4.74 Å². The van der Waals surface area contributed by atoms with E-state index in [1.54, 1.807) is 7.11 Å². The second-order valence-electron chi connectivity index (χ2n) is 7.29. The van der Waals surface area contributed by atoms with Gasteiger partial charge in [0.05, 0.1) is 18.8 Å². The van der Waals surface area contributed by atoms with E-state index in [-0.39, 0.29) is 11.9 Å². The lowest BCUT2D eigenvalue weighted by Crippen LogP contribution is -2.57. The van der Waals surface area contributed by atoms with Crippen molar-refractivity contribution in [1.82, 2.24) is 14.7 Å². The van der Waals surface area contributed by atoms with Crippen LogP contribution in [0.2, 0.25) is 0 Å². The highest BCUT2D eigenvalue weighted by Gasteiger charge is 2.30. The molecule has 0 radical (unpaired) electrons. The van der Waals surface area contributed by atoms with Crippen molar-refractivity contribution in [2.45, 2.75) is 13.0 Å². The number of carbonyl (C=O) groups is 1. The maximum Gasteiger partial charge on any atom is 0.239 e. The second kappa shape index (κ2) is 9.24. The largest absolute Gasteiger partial charge is 0.495 e. The Labute approximate surface area is 163 Å². The van der Waals surface area contributed by atoms with Gasteiger partial charge in [-0.2, -0.15) is 0 Å². The Kier molecular flexibility index (Phi) is 6.74. The highest BCUT2D eigenvalue weighted by Crippen LogP contribution is 2.28. The number of piperazine rings is 2. The zero-order valence-electron chi connectivity index (χ0n) is 16.6. The van der Waals surface area contributed by atoms with Gasteiger partial charge in [0, 0.05) is 58.9 Å². The van der Waals surface area contributed by atoms with Crippen LogP contribution in [0.3, 0.4) is 0 Å². The minimum Gasteiger partial charge on any atom is -0.495 e. The fourth-order valence-corrected chi connectivity index (χ4v) is 3.99. The van der Waals surface area contributed by atoms with Crippen LogP contribution >= 0.6 is 0 Å². The Morgan fingerprint density at radius 3 is 2.41 bits per heavy atom. The van der Waals surface area contributed by atoms with Crippen molar-refractivity contribution in [3.05, 3.63) is 36.9 Å². The summed E-state index contributed by atoms with van der Waals surface area (Å²) < 4.78 is 5.49. The molecule has 1 unspecified atom stereocenters. The molecular formula is C21H32N4O2. The van der Waals surface area contributed by atoms with Crippen molar-refractivity contribution < 1.29 is 9.53 Å². The van der Waals surface area contributed by atoms with E-state index in [0.29, 0.717) is 0 Å². The van der Waals surface area contributed by atoms with Crippen LogP contribution < -0.4 is 9.64 Å². The maximum absolute atomic E-state index is 12.9. The maximum atomic E-state index is 12.9. The molecule has 0 saturated carbocycles. The molecule has 2 aliphatic heterocycles. The van der Waals surface area contributed by atoms with Crippen LogP contribution in [0, 0.1) is 0 Å². The lowest BCUT2D eigenvalue weighted by Gasteiger charge is -2.41. The van der Waals surface area contributed by atoms with Gasteiger partial charge in [-0.15, -0.1) is 6.58 Å². The van der Waals surface area contributed by atoms with Crippen LogP contribution in [0.4, 0.5) is 5.69 Å². The fraction of sp³-hybridized carbons (Fsp3) is 0.571. The fourth-order valence-electron chi connectivity index (χ4n) is 3.99. The monoisotopic (exact) mass is 372 g/mol. The molecular weight excluding hydrogens is 340 g/mol. The summed E-state index contributed by atoms with van der Waals surface area (Å²) in [5.74, 6) is 1.17. The van der Waals surface area contributed by atoms with Crippen molar-refractivity contribution in [3.63, 3.8) is 0 Å². The quantitative estimate of drug-likeness (QED) is 0.709. The molecule has 2 fully saturated rings. The first kappa shape index (κ1) is 19.7. The third-order valence-corrected chi connectivity index (χ3v) is 5.72. The molecule has 3 rings (SSSR count). The number of para-hydroxylation sites is 2. The lowest BCUT2D eigenvalue weighted by molar-refractivity contribution is -0.138. The first-order valence-corrected chi connectivity index (χ1v) is 9.88. The van der Waals surface area contributed by atoms with Gasteiger partial charge in [-0.1, -0.05) is 18.2 Å². The molecule has 0 spiro atoms. The number of benzene rings is 1. The number of amides is 1. The SMILES string of the molecule is C=CCN1CCN(C(=O)C(C)N2CCN(c3ccccc3OC)CC2)CC1. The summed E-state index contributed by atoms with van der Waals surface area (Å²) in [6.07, 6.45) is 1.93. The topological polar surface area (TPSA) is 39.3 Å². The van der Waals surface area contributed by atoms with E-state index < -0.39 is 0 Å². The minimum absolute atomic E-state index is 0.0595. The molecule has 6 nitrogen and oxygen atoms in total. The molecule has 1 atom stereocenters. The number of methoxy groups -OCH3 is 1. The highest BCUT2D eigenvalue weighted by molar-refractivity contribution is 5.81. The van der Waals surface area contributed by atoms with E-state index >= 15 is 0 Å². The Hall–Kier alpha value is -2.05. The van der Waals surface area contributed by atoms with Gasteiger partial charge >= 0.3 is 0 Å². The Morgan fingerprint density at radius 1 is 1.11 bits per heavy atom. The van der Waals surface area contributed by atoms with Gasteiger partial charge in [-0.3, -0.25) is 14.6 Å². The molecule has 6 heteroatoms. The van der Waals surface area contributed by atoms with Crippen molar-refractivity contribution in [2.24, 2.45) is 0 Å². The standard InChI is InChI=1S/C21H32N4O2/c1-4-9-22-10-12-25(13-11-22)21(26)18(2)23-14-16-24(17-15-23)19-7-5-6-8-20(19)27-3/h4-8,18H,1,9-17H2,2-3H3. The zero-order valence-corrected chi connectivity index (χ0v) is 16.6. The molecule has 0 N–H and O–H groups in total. The smallest absolute Gasteiger partial charge is 0.239 e. The van der Waals surface area contributed by atoms with Crippen LogP contribution in [0.5, 0.6) is 5.75 Å². The van der Waals surface area contributed by atoms with Gasteiger partial charge in [0.25, 0.3) is 0 Å². The normalized spacial score (nSPS) is 20.4. The first-order valence-electron chi connectivity index (χ1n) is 9.88. The summed E-state index contributed by atoms with van der Waals surface area (Å²) >= 11 is 0. The van der Waals surface area contributed by atoms with E-state index in [1.165, 1.54) is 0 Å². The van der Waals surface area contributed by atoms with Gasteiger partial charge < -0.3 is 14.5 Å². The Bertz CT molecular complexity index is 635. The van der Waals surface area contributed by atoms with E-state index in [2.05, 4.69) is 34.3 Å². The van der Waals surface area contributed by atoms with Gasteiger partial charge in [0.15, 0.2) is 0 Å². The molecule has 27 heavy (non-hydrogen) atoms. The minimum atomic E-state index is -0.0595.